The summed E-state index contributed by atoms with van der Waals surface area (Å²) in [6.45, 7) is 1.92. The van der Waals surface area contributed by atoms with Crippen LogP contribution in [0.15, 0.2) is 33.6 Å². The van der Waals surface area contributed by atoms with Gasteiger partial charge >= 0.3 is 0 Å². The highest BCUT2D eigenvalue weighted by atomic mass is 16.3. The first-order valence-corrected chi connectivity index (χ1v) is 3.66. The Balaban J connectivity index is 2.85. The second-order valence-electron chi connectivity index (χ2n) is 2.19. The van der Waals surface area contributed by atoms with Crippen LogP contribution in [0.4, 0.5) is 0 Å². The van der Waals surface area contributed by atoms with Crippen molar-refractivity contribution in [1.29, 1.82) is 0 Å². The SMILES string of the molecule is CC/C(=C/c1ccco1)N=[N+]=[N-]. The second kappa shape index (κ2) is 4.26. The molecule has 62 valence electrons. The van der Waals surface area contributed by atoms with Crippen LogP contribution in [-0.2, 0) is 0 Å². The van der Waals surface area contributed by atoms with Gasteiger partial charge in [-0.15, -0.1) is 0 Å². The predicted molar refractivity (Wildman–Crippen MR) is 46.1 cm³/mol. The Kier molecular flexibility index (Phi) is 2.99. The Hall–Kier alpha value is -1.67. The Labute approximate surface area is 70.1 Å². The number of azide groups is 1. The fourth-order valence-electron chi connectivity index (χ4n) is 0.797. The maximum Gasteiger partial charge on any atom is 0.126 e. The summed E-state index contributed by atoms with van der Waals surface area (Å²) < 4.78 is 5.05. The molecule has 12 heavy (non-hydrogen) atoms. The average Bonchev–Trinajstić information content (AvgIpc) is 2.56. The molecular formula is C8H9N3O. The van der Waals surface area contributed by atoms with E-state index in [1.807, 2.05) is 13.0 Å². The van der Waals surface area contributed by atoms with Crippen LogP contribution in [0.5, 0.6) is 0 Å². The highest BCUT2D eigenvalue weighted by Gasteiger charge is 1.92. The summed E-state index contributed by atoms with van der Waals surface area (Å²) in [6, 6.07) is 3.59. The molecule has 1 heterocycles. The number of rotatable bonds is 3. The molecule has 0 radical (unpaired) electrons. The largest absolute Gasteiger partial charge is 0.465 e. The summed E-state index contributed by atoms with van der Waals surface area (Å²) in [5.74, 6) is 0.708. The number of hydrogen-bond acceptors (Lipinski definition) is 2. The lowest BCUT2D eigenvalue weighted by Gasteiger charge is -1.90. The standard InChI is InChI=1S/C8H9N3O/c1-2-7(10-11-9)6-8-4-3-5-12-8/h3-6H,2H2,1H3/b7-6-. The molecule has 0 amide bonds. The van der Waals surface area contributed by atoms with E-state index in [0.29, 0.717) is 17.9 Å². The Morgan fingerprint density at radius 1 is 1.83 bits per heavy atom. The van der Waals surface area contributed by atoms with Gasteiger partial charge in [0.05, 0.1) is 6.26 Å². The van der Waals surface area contributed by atoms with Gasteiger partial charge in [0, 0.05) is 10.6 Å². The van der Waals surface area contributed by atoms with Crippen molar-refractivity contribution in [1.82, 2.24) is 0 Å². The van der Waals surface area contributed by atoms with E-state index < -0.39 is 0 Å². The summed E-state index contributed by atoms with van der Waals surface area (Å²) in [7, 11) is 0. The lowest BCUT2D eigenvalue weighted by Crippen LogP contribution is -1.71. The topological polar surface area (TPSA) is 61.9 Å². The van der Waals surface area contributed by atoms with Gasteiger partial charge in [0.15, 0.2) is 0 Å². The third kappa shape index (κ3) is 2.18. The predicted octanol–water partition coefficient (Wildman–Crippen LogP) is 3.34. The molecule has 0 saturated heterocycles. The summed E-state index contributed by atoms with van der Waals surface area (Å²) >= 11 is 0. The molecule has 0 aliphatic heterocycles. The minimum atomic E-state index is 0.674. The summed E-state index contributed by atoms with van der Waals surface area (Å²) in [4.78, 5) is 2.70. The molecule has 4 heteroatoms. The van der Waals surface area contributed by atoms with Crippen molar-refractivity contribution >= 4 is 6.08 Å². The first kappa shape index (κ1) is 8.43. The van der Waals surface area contributed by atoms with Gasteiger partial charge in [-0.2, -0.15) is 0 Å². The van der Waals surface area contributed by atoms with Crippen molar-refractivity contribution in [3.63, 3.8) is 0 Å². The molecular weight excluding hydrogens is 154 g/mol. The maximum atomic E-state index is 8.18. The molecule has 0 N–H and O–H groups in total. The Morgan fingerprint density at radius 3 is 3.17 bits per heavy atom. The van der Waals surface area contributed by atoms with Gasteiger partial charge in [-0.3, -0.25) is 0 Å². The van der Waals surface area contributed by atoms with E-state index in [-0.39, 0.29) is 0 Å². The van der Waals surface area contributed by atoms with Crippen LogP contribution in [-0.4, -0.2) is 0 Å². The van der Waals surface area contributed by atoms with Gasteiger partial charge in [0.1, 0.15) is 5.76 Å². The number of nitrogens with zero attached hydrogens (tertiary/aromatic N) is 3. The number of allylic oxidation sites excluding steroid dienone is 1. The average molecular weight is 163 g/mol. The fraction of sp³-hybridized carbons (Fsp3) is 0.250. The third-order valence-corrected chi connectivity index (χ3v) is 1.39. The fourth-order valence-corrected chi connectivity index (χ4v) is 0.797. The van der Waals surface area contributed by atoms with Crippen molar-refractivity contribution in [2.45, 2.75) is 13.3 Å². The molecule has 0 aliphatic carbocycles. The van der Waals surface area contributed by atoms with E-state index >= 15 is 0 Å². The molecule has 0 unspecified atom stereocenters. The van der Waals surface area contributed by atoms with Crippen LogP contribution in [0.25, 0.3) is 16.5 Å². The molecule has 4 nitrogen and oxygen atoms in total. The zero-order valence-corrected chi connectivity index (χ0v) is 6.77. The maximum absolute atomic E-state index is 8.18. The van der Waals surface area contributed by atoms with Crippen LogP contribution in [0, 0.1) is 0 Å². The van der Waals surface area contributed by atoms with Crippen LogP contribution >= 0.6 is 0 Å². The molecule has 0 bridgehead atoms. The molecule has 1 aromatic heterocycles. The quantitative estimate of drug-likeness (QED) is 0.383. The molecule has 0 aromatic carbocycles. The molecule has 1 aromatic rings. The van der Waals surface area contributed by atoms with Crippen molar-refractivity contribution in [3.8, 4) is 0 Å². The molecule has 0 saturated carbocycles. The van der Waals surface area contributed by atoms with Gasteiger partial charge in [-0.1, -0.05) is 12.0 Å². The van der Waals surface area contributed by atoms with Gasteiger partial charge in [0.2, 0.25) is 0 Å². The van der Waals surface area contributed by atoms with E-state index in [1.165, 1.54) is 0 Å². The minimum absolute atomic E-state index is 0.674. The van der Waals surface area contributed by atoms with Crippen LogP contribution in [0.2, 0.25) is 0 Å². The molecule has 0 fully saturated rings. The van der Waals surface area contributed by atoms with E-state index in [4.69, 9.17) is 9.95 Å². The zero-order valence-electron chi connectivity index (χ0n) is 6.77. The van der Waals surface area contributed by atoms with Crippen LogP contribution in [0.1, 0.15) is 19.1 Å². The highest BCUT2D eigenvalue weighted by molar-refractivity contribution is 5.46. The molecule has 1 rings (SSSR count). The van der Waals surface area contributed by atoms with Gasteiger partial charge < -0.3 is 4.42 Å². The lowest BCUT2D eigenvalue weighted by atomic mass is 10.3. The van der Waals surface area contributed by atoms with Crippen molar-refractivity contribution < 1.29 is 4.42 Å². The van der Waals surface area contributed by atoms with E-state index in [0.717, 1.165) is 0 Å². The first-order valence-electron chi connectivity index (χ1n) is 3.66. The van der Waals surface area contributed by atoms with Gasteiger partial charge in [-0.05, 0) is 30.2 Å². The molecule has 0 spiro atoms. The smallest absolute Gasteiger partial charge is 0.126 e. The second-order valence-corrected chi connectivity index (χ2v) is 2.19. The van der Waals surface area contributed by atoms with Crippen LogP contribution < -0.4 is 0 Å². The summed E-state index contributed by atoms with van der Waals surface area (Å²) in [5.41, 5.74) is 8.86. The monoisotopic (exact) mass is 163 g/mol. The highest BCUT2D eigenvalue weighted by Crippen LogP contribution is 2.10. The summed E-state index contributed by atoms with van der Waals surface area (Å²) in [5, 5.41) is 3.50. The van der Waals surface area contributed by atoms with Crippen molar-refractivity contribution in [3.05, 3.63) is 40.3 Å². The number of furan rings is 1. The minimum Gasteiger partial charge on any atom is -0.465 e. The van der Waals surface area contributed by atoms with E-state index in [9.17, 15) is 0 Å². The normalized spacial score (nSPS) is 10.9. The molecule has 0 atom stereocenters. The van der Waals surface area contributed by atoms with E-state index in [2.05, 4.69) is 10.0 Å². The van der Waals surface area contributed by atoms with Gasteiger partial charge in [-0.25, -0.2) is 0 Å². The Bertz CT molecular complexity index is 307. The van der Waals surface area contributed by atoms with Crippen LogP contribution in [0.3, 0.4) is 0 Å². The number of hydrogen-bond donors (Lipinski definition) is 0. The lowest BCUT2D eigenvalue weighted by molar-refractivity contribution is 0.556. The zero-order chi connectivity index (χ0) is 8.81. The van der Waals surface area contributed by atoms with Crippen molar-refractivity contribution in [2.75, 3.05) is 0 Å². The first-order chi connectivity index (χ1) is 5.86. The van der Waals surface area contributed by atoms with Crippen molar-refractivity contribution in [2.24, 2.45) is 5.11 Å². The third-order valence-electron chi connectivity index (χ3n) is 1.39. The van der Waals surface area contributed by atoms with E-state index in [1.54, 1.807) is 18.4 Å². The summed E-state index contributed by atoms with van der Waals surface area (Å²) in [6.07, 6.45) is 4.00. The Morgan fingerprint density at radius 2 is 2.67 bits per heavy atom. The molecule has 0 aliphatic rings. The van der Waals surface area contributed by atoms with Gasteiger partial charge in [0.25, 0.3) is 0 Å².